The fourth-order valence-electron chi connectivity index (χ4n) is 2.74. The lowest BCUT2D eigenvalue weighted by molar-refractivity contribution is -0.147. The van der Waals surface area contributed by atoms with Gasteiger partial charge in [0.05, 0.1) is 11.4 Å². The topological polar surface area (TPSA) is 104 Å². The molecule has 0 heterocycles. The Labute approximate surface area is 135 Å². The summed E-state index contributed by atoms with van der Waals surface area (Å²) in [6.07, 6.45) is 2.18. The molecule has 23 heavy (non-hydrogen) atoms. The number of likely N-dealkylation sites (N-methyl/N-ethyl adjacent to an activating group) is 1. The van der Waals surface area contributed by atoms with Crippen molar-refractivity contribution < 1.29 is 23.1 Å². The molecule has 1 fully saturated rings. The first-order valence-corrected chi connectivity index (χ1v) is 8.78. The van der Waals surface area contributed by atoms with E-state index in [1.165, 1.54) is 19.2 Å². The molecule has 2 rings (SSSR count). The van der Waals surface area contributed by atoms with Crippen molar-refractivity contribution in [3.05, 3.63) is 30.3 Å². The smallest absolute Gasteiger partial charge is 0.329 e. The van der Waals surface area contributed by atoms with Gasteiger partial charge in [0.25, 0.3) is 0 Å². The molecule has 1 aliphatic carbocycles. The highest BCUT2D eigenvalue weighted by Gasteiger charge is 2.42. The van der Waals surface area contributed by atoms with Crippen LogP contribution in [0.5, 0.6) is 0 Å². The molecule has 0 saturated heterocycles. The van der Waals surface area contributed by atoms with Crippen LogP contribution in [0.2, 0.25) is 0 Å². The van der Waals surface area contributed by atoms with E-state index in [9.17, 15) is 23.1 Å². The molecule has 2 N–H and O–H groups in total. The molecule has 1 saturated carbocycles. The van der Waals surface area contributed by atoms with E-state index in [-0.39, 0.29) is 4.90 Å². The second-order valence-electron chi connectivity index (χ2n) is 5.72. The third kappa shape index (κ3) is 3.70. The van der Waals surface area contributed by atoms with Gasteiger partial charge >= 0.3 is 5.97 Å². The second-order valence-corrected chi connectivity index (χ2v) is 7.76. The number of amides is 1. The SMILES string of the molecule is CN(CC(=O)NC1(C(=O)O)CCCC1)S(=O)(=O)c1ccccc1. The van der Waals surface area contributed by atoms with Gasteiger partial charge in [-0.1, -0.05) is 31.0 Å². The van der Waals surface area contributed by atoms with E-state index in [4.69, 9.17) is 0 Å². The van der Waals surface area contributed by atoms with Crippen LogP contribution in [0.3, 0.4) is 0 Å². The molecule has 1 aromatic carbocycles. The Morgan fingerprint density at radius 1 is 1.22 bits per heavy atom. The van der Waals surface area contributed by atoms with Gasteiger partial charge < -0.3 is 10.4 Å². The van der Waals surface area contributed by atoms with Crippen molar-refractivity contribution in [2.75, 3.05) is 13.6 Å². The van der Waals surface area contributed by atoms with Crippen LogP contribution in [0.25, 0.3) is 0 Å². The van der Waals surface area contributed by atoms with Crippen molar-refractivity contribution in [1.29, 1.82) is 0 Å². The zero-order valence-electron chi connectivity index (χ0n) is 12.9. The minimum absolute atomic E-state index is 0.0871. The standard InChI is InChI=1S/C15H20N2O5S/c1-17(23(21,22)12-7-3-2-4-8-12)11-13(18)16-15(14(19)20)9-5-6-10-15/h2-4,7-8H,5-6,9-11H2,1H3,(H,16,18)(H,19,20). The van der Waals surface area contributed by atoms with Gasteiger partial charge in [-0.2, -0.15) is 4.31 Å². The fourth-order valence-corrected chi connectivity index (χ4v) is 3.89. The average molecular weight is 340 g/mol. The molecule has 0 radical (unpaired) electrons. The van der Waals surface area contributed by atoms with Gasteiger partial charge in [-0.05, 0) is 25.0 Å². The van der Waals surface area contributed by atoms with E-state index in [0.29, 0.717) is 12.8 Å². The van der Waals surface area contributed by atoms with Crippen LogP contribution >= 0.6 is 0 Å². The largest absolute Gasteiger partial charge is 0.480 e. The van der Waals surface area contributed by atoms with E-state index >= 15 is 0 Å². The predicted octanol–water partition coefficient (Wildman–Crippen LogP) is 0.821. The number of carboxylic acid groups (broad SMARTS) is 1. The van der Waals surface area contributed by atoms with E-state index < -0.39 is 34.0 Å². The van der Waals surface area contributed by atoms with Crippen LogP contribution < -0.4 is 5.32 Å². The lowest BCUT2D eigenvalue weighted by atomic mass is 9.98. The molecule has 0 spiro atoms. The molecule has 1 aromatic rings. The van der Waals surface area contributed by atoms with Crippen molar-refractivity contribution in [2.24, 2.45) is 0 Å². The van der Waals surface area contributed by atoms with E-state index in [1.54, 1.807) is 18.2 Å². The quantitative estimate of drug-likeness (QED) is 0.798. The Morgan fingerprint density at radius 3 is 2.30 bits per heavy atom. The summed E-state index contributed by atoms with van der Waals surface area (Å²) in [6.45, 7) is -0.424. The fraction of sp³-hybridized carbons (Fsp3) is 0.467. The Kier molecular flexibility index (Phi) is 5.06. The maximum absolute atomic E-state index is 12.3. The van der Waals surface area contributed by atoms with Gasteiger partial charge in [-0.25, -0.2) is 13.2 Å². The van der Waals surface area contributed by atoms with Crippen LogP contribution in [-0.2, 0) is 19.6 Å². The number of nitrogens with zero attached hydrogens (tertiary/aromatic N) is 1. The van der Waals surface area contributed by atoms with Crippen LogP contribution in [-0.4, -0.2) is 48.8 Å². The van der Waals surface area contributed by atoms with Crippen LogP contribution in [0, 0.1) is 0 Å². The summed E-state index contributed by atoms with van der Waals surface area (Å²) in [4.78, 5) is 23.6. The molecule has 1 amide bonds. The monoisotopic (exact) mass is 340 g/mol. The van der Waals surface area contributed by atoms with Crippen molar-refractivity contribution in [3.8, 4) is 0 Å². The number of sulfonamides is 1. The first kappa shape index (κ1) is 17.4. The maximum Gasteiger partial charge on any atom is 0.329 e. The highest BCUT2D eigenvalue weighted by atomic mass is 32.2. The van der Waals surface area contributed by atoms with Crippen LogP contribution in [0.1, 0.15) is 25.7 Å². The summed E-state index contributed by atoms with van der Waals surface area (Å²) in [5.74, 6) is -1.69. The number of carbonyl (C=O) groups is 2. The molecule has 0 unspecified atom stereocenters. The Hall–Kier alpha value is -1.93. The highest BCUT2D eigenvalue weighted by Crippen LogP contribution is 2.29. The lowest BCUT2D eigenvalue weighted by Gasteiger charge is -2.26. The van der Waals surface area contributed by atoms with Gasteiger partial charge in [0.2, 0.25) is 15.9 Å². The van der Waals surface area contributed by atoms with E-state index in [2.05, 4.69) is 5.32 Å². The number of nitrogens with one attached hydrogen (secondary N) is 1. The lowest BCUT2D eigenvalue weighted by Crippen LogP contribution is -2.54. The summed E-state index contributed by atoms with van der Waals surface area (Å²) >= 11 is 0. The molecule has 1 aliphatic rings. The summed E-state index contributed by atoms with van der Waals surface area (Å²) < 4.78 is 25.6. The van der Waals surface area contributed by atoms with Crippen molar-refractivity contribution in [1.82, 2.24) is 9.62 Å². The van der Waals surface area contributed by atoms with Gasteiger partial charge in [-0.3, -0.25) is 4.79 Å². The molecule has 8 heteroatoms. The van der Waals surface area contributed by atoms with Gasteiger partial charge in [-0.15, -0.1) is 0 Å². The normalized spacial score (nSPS) is 17.1. The molecular weight excluding hydrogens is 320 g/mol. The Bertz CT molecular complexity index is 681. The Balaban J connectivity index is 2.06. The number of carboxylic acids is 1. The van der Waals surface area contributed by atoms with E-state index in [0.717, 1.165) is 17.1 Å². The van der Waals surface area contributed by atoms with Crippen molar-refractivity contribution >= 4 is 21.9 Å². The number of carbonyl (C=O) groups excluding carboxylic acids is 1. The zero-order chi connectivity index (χ0) is 17.1. The third-order valence-corrected chi connectivity index (χ3v) is 5.88. The zero-order valence-corrected chi connectivity index (χ0v) is 13.7. The minimum atomic E-state index is -3.78. The van der Waals surface area contributed by atoms with Gasteiger partial charge in [0.1, 0.15) is 5.54 Å². The van der Waals surface area contributed by atoms with Crippen molar-refractivity contribution in [3.63, 3.8) is 0 Å². The summed E-state index contributed by atoms with van der Waals surface area (Å²) in [7, 11) is -2.49. The maximum atomic E-state index is 12.3. The molecule has 0 aliphatic heterocycles. The Morgan fingerprint density at radius 2 is 1.78 bits per heavy atom. The summed E-state index contributed by atoms with van der Waals surface area (Å²) in [5, 5.41) is 11.8. The predicted molar refractivity (Wildman–Crippen MR) is 83.2 cm³/mol. The number of hydrogen-bond acceptors (Lipinski definition) is 4. The molecular formula is C15H20N2O5S. The highest BCUT2D eigenvalue weighted by molar-refractivity contribution is 7.89. The average Bonchev–Trinajstić information content (AvgIpc) is 2.97. The minimum Gasteiger partial charge on any atom is -0.480 e. The van der Waals surface area contributed by atoms with Gasteiger partial charge in [0, 0.05) is 7.05 Å². The van der Waals surface area contributed by atoms with Gasteiger partial charge in [0.15, 0.2) is 0 Å². The molecule has 0 atom stereocenters. The first-order chi connectivity index (χ1) is 10.8. The molecule has 0 aromatic heterocycles. The third-order valence-electron chi connectivity index (χ3n) is 4.06. The summed E-state index contributed by atoms with van der Waals surface area (Å²) in [5.41, 5.74) is -1.27. The number of benzene rings is 1. The molecule has 0 bridgehead atoms. The number of rotatable bonds is 6. The van der Waals surface area contributed by atoms with E-state index in [1.807, 2.05) is 0 Å². The van der Waals surface area contributed by atoms with Crippen molar-refractivity contribution in [2.45, 2.75) is 36.1 Å². The molecule has 7 nitrogen and oxygen atoms in total. The number of aliphatic carboxylic acids is 1. The number of hydrogen-bond donors (Lipinski definition) is 2. The second kappa shape index (κ2) is 6.67. The van der Waals surface area contributed by atoms with Crippen LogP contribution in [0.15, 0.2) is 35.2 Å². The first-order valence-electron chi connectivity index (χ1n) is 7.34. The molecule has 126 valence electrons. The summed E-state index contributed by atoms with van der Waals surface area (Å²) in [6, 6.07) is 7.78. The van der Waals surface area contributed by atoms with Crippen LogP contribution in [0.4, 0.5) is 0 Å².